The van der Waals surface area contributed by atoms with Gasteiger partial charge in [-0.2, -0.15) is 0 Å². The average molecular weight is 479 g/mol. The lowest BCUT2D eigenvalue weighted by Gasteiger charge is -2.20. The normalized spacial score (nSPS) is 13.7. The molecule has 0 aliphatic carbocycles. The molecule has 2 rings (SSSR count). The molecule has 1 unspecified atom stereocenters. The number of anilines is 1. The van der Waals surface area contributed by atoms with Crippen molar-refractivity contribution in [1.29, 1.82) is 5.41 Å². The van der Waals surface area contributed by atoms with Crippen LogP contribution in [0.5, 0.6) is 0 Å². The zero-order valence-corrected chi connectivity index (χ0v) is 22.4. The van der Waals surface area contributed by atoms with Gasteiger partial charge in [-0.1, -0.05) is 39.0 Å². The van der Waals surface area contributed by atoms with E-state index in [0.29, 0.717) is 19.2 Å². The molecule has 0 amide bonds. The number of pyridine rings is 1. The van der Waals surface area contributed by atoms with Crippen LogP contribution in [0.4, 0.5) is 5.69 Å². The zero-order chi connectivity index (χ0) is 25.8. The van der Waals surface area contributed by atoms with Crippen molar-refractivity contribution in [3.63, 3.8) is 0 Å². The fraction of sp³-hybridized carbons (Fsp3) is 0.464. The van der Waals surface area contributed by atoms with Crippen LogP contribution in [0.15, 0.2) is 47.2 Å². The maximum absolute atomic E-state index is 8.19. The van der Waals surface area contributed by atoms with Gasteiger partial charge >= 0.3 is 0 Å². The molecule has 3 N–H and O–H groups in total. The highest BCUT2D eigenvalue weighted by Crippen LogP contribution is 2.34. The fourth-order valence-corrected chi connectivity index (χ4v) is 3.92. The Hall–Kier alpha value is -3.35. The molecule has 0 aliphatic rings. The third-order valence-electron chi connectivity index (χ3n) is 5.82. The van der Waals surface area contributed by atoms with E-state index in [-0.39, 0.29) is 5.84 Å². The van der Waals surface area contributed by atoms with Gasteiger partial charge in [0.05, 0.1) is 41.9 Å². The van der Waals surface area contributed by atoms with Crippen LogP contribution in [0.1, 0.15) is 71.8 Å². The quantitative estimate of drug-likeness (QED) is 0.133. The molecule has 7 nitrogen and oxygen atoms in total. The van der Waals surface area contributed by atoms with Crippen LogP contribution in [0.3, 0.4) is 0 Å². The van der Waals surface area contributed by atoms with Crippen LogP contribution < -0.4 is 10.6 Å². The Balaban J connectivity index is 2.73. The summed E-state index contributed by atoms with van der Waals surface area (Å²) in [6.07, 6.45) is 12.7. The van der Waals surface area contributed by atoms with Crippen LogP contribution in [0.2, 0.25) is 0 Å². The minimum Gasteiger partial charge on any atom is -0.498 e. The number of hydrogen-bond acceptors (Lipinski definition) is 4. The molecule has 0 fully saturated rings. The maximum atomic E-state index is 8.19. The SMILES string of the molecule is CC/C=C/C=C\C(=C(/C)OCC)c1cc(NCC(=N)/N=C\NC)c2c(cc(CC)n2C(C)CC)n1. The van der Waals surface area contributed by atoms with E-state index in [0.717, 1.165) is 53.0 Å². The molecule has 7 heteroatoms. The lowest BCUT2D eigenvalue weighted by Crippen LogP contribution is -2.15. The van der Waals surface area contributed by atoms with Gasteiger partial charge in [-0.25, -0.2) is 9.98 Å². The number of nitrogens with one attached hydrogen (secondary N) is 3. The maximum Gasteiger partial charge on any atom is 0.141 e. The molecule has 0 spiro atoms. The van der Waals surface area contributed by atoms with E-state index in [1.165, 1.54) is 12.0 Å². The van der Waals surface area contributed by atoms with Crippen molar-refractivity contribution in [1.82, 2.24) is 14.9 Å². The Bertz CT molecular complexity index is 1110. The van der Waals surface area contributed by atoms with Crippen molar-refractivity contribution in [3.05, 3.63) is 53.6 Å². The van der Waals surface area contributed by atoms with Crippen LogP contribution in [0.25, 0.3) is 16.6 Å². The van der Waals surface area contributed by atoms with Gasteiger partial charge in [0.15, 0.2) is 0 Å². The first-order valence-electron chi connectivity index (χ1n) is 12.6. The van der Waals surface area contributed by atoms with Gasteiger partial charge in [-0.3, -0.25) is 5.41 Å². The van der Waals surface area contributed by atoms with Crippen LogP contribution >= 0.6 is 0 Å². The molecule has 0 aromatic carbocycles. The summed E-state index contributed by atoms with van der Waals surface area (Å²) in [6, 6.07) is 4.59. The summed E-state index contributed by atoms with van der Waals surface area (Å²) in [5, 5.41) is 14.5. The van der Waals surface area contributed by atoms with Gasteiger partial charge in [-0.05, 0) is 58.2 Å². The Morgan fingerprint density at radius 2 is 2.00 bits per heavy atom. The van der Waals surface area contributed by atoms with Crippen LogP contribution in [-0.2, 0) is 11.2 Å². The smallest absolute Gasteiger partial charge is 0.141 e. The second-order valence-electron chi connectivity index (χ2n) is 8.35. The third kappa shape index (κ3) is 7.31. The van der Waals surface area contributed by atoms with Crippen molar-refractivity contribution in [2.75, 3.05) is 25.5 Å². The highest BCUT2D eigenvalue weighted by molar-refractivity contribution is 5.96. The summed E-state index contributed by atoms with van der Waals surface area (Å²) in [6.45, 7) is 13.6. The first-order valence-corrected chi connectivity index (χ1v) is 12.6. The summed E-state index contributed by atoms with van der Waals surface area (Å²) in [5.74, 6) is 1.07. The molecule has 35 heavy (non-hydrogen) atoms. The number of fused-ring (bicyclic) bond motifs is 1. The van der Waals surface area contributed by atoms with Gasteiger partial charge in [-0.15, -0.1) is 0 Å². The third-order valence-corrected chi connectivity index (χ3v) is 5.82. The highest BCUT2D eigenvalue weighted by Gasteiger charge is 2.19. The fourth-order valence-electron chi connectivity index (χ4n) is 3.92. The molecular weight excluding hydrogens is 436 g/mol. The van der Waals surface area contributed by atoms with E-state index in [1.807, 2.05) is 26.0 Å². The Morgan fingerprint density at radius 1 is 1.23 bits per heavy atom. The number of nitrogens with zero attached hydrogens (tertiary/aromatic N) is 3. The number of amidine groups is 1. The first-order chi connectivity index (χ1) is 16.9. The summed E-state index contributed by atoms with van der Waals surface area (Å²) in [5.41, 5.74) is 5.96. The van der Waals surface area contributed by atoms with Gasteiger partial charge in [0, 0.05) is 24.4 Å². The standard InChI is InChI=1S/C28H42N6O/c1-8-12-13-14-15-23(21(6)35-11-4)24-17-25(31-18-27(29)32-19-30-7)28-26(33-24)16-22(10-3)34(28)20(5)9-2/h12-17,19-20H,8-11,18H2,1-7H3,(H,31,33)(H2,29,30,32)/b13-12+,15-14-,23-21-. The molecule has 2 aromatic heterocycles. The molecule has 1 atom stereocenters. The molecule has 0 saturated carbocycles. The zero-order valence-electron chi connectivity index (χ0n) is 22.4. The number of allylic oxidation sites excluding steroid dienone is 6. The van der Waals surface area contributed by atoms with Crippen LogP contribution in [-0.4, -0.2) is 41.9 Å². The Morgan fingerprint density at radius 3 is 2.63 bits per heavy atom. The van der Waals surface area contributed by atoms with Gasteiger partial charge in [0.1, 0.15) is 11.6 Å². The molecule has 0 bridgehead atoms. The summed E-state index contributed by atoms with van der Waals surface area (Å²) < 4.78 is 8.28. The number of aryl methyl sites for hydroxylation is 1. The van der Waals surface area contributed by atoms with Crippen molar-refractivity contribution in [2.24, 2.45) is 4.99 Å². The Labute approximate surface area is 210 Å². The molecule has 0 radical (unpaired) electrons. The van der Waals surface area contributed by atoms with E-state index in [4.69, 9.17) is 15.1 Å². The second-order valence-corrected chi connectivity index (χ2v) is 8.35. The van der Waals surface area contributed by atoms with E-state index in [9.17, 15) is 0 Å². The molecule has 2 aromatic rings. The largest absolute Gasteiger partial charge is 0.498 e. The molecular formula is C28H42N6O. The van der Waals surface area contributed by atoms with Gasteiger partial charge < -0.3 is 19.9 Å². The molecule has 2 heterocycles. The number of aromatic nitrogens is 2. The minimum atomic E-state index is 0.245. The lowest BCUT2D eigenvalue weighted by atomic mass is 10.1. The molecule has 190 valence electrons. The molecule has 0 aliphatic heterocycles. The van der Waals surface area contributed by atoms with E-state index >= 15 is 0 Å². The van der Waals surface area contributed by atoms with Crippen molar-refractivity contribution in [2.45, 2.75) is 66.8 Å². The predicted molar refractivity (Wildman–Crippen MR) is 151 cm³/mol. The van der Waals surface area contributed by atoms with Gasteiger partial charge in [0.2, 0.25) is 0 Å². The van der Waals surface area contributed by atoms with Crippen molar-refractivity contribution in [3.8, 4) is 0 Å². The van der Waals surface area contributed by atoms with E-state index in [2.05, 4.69) is 72.2 Å². The van der Waals surface area contributed by atoms with Gasteiger partial charge in [0.25, 0.3) is 0 Å². The number of hydrogen-bond donors (Lipinski definition) is 3. The number of aliphatic imine (C=N–C) groups is 1. The lowest BCUT2D eigenvalue weighted by molar-refractivity contribution is 0.233. The molecule has 0 saturated heterocycles. The average Bonchev–Trinajstić information content (AvgIpc) is 3.24. The monoisotopic (exact) mass is 478 g/mol. The predicted octanol–water partition coefficient (Wildman–Crippen LogP) is 6.50. The first kappa shape index (κ1) is 27.9. The topological polar surface area (TPSA) is 87.3 Å². The van der Waals surface area contributed by atoms with E-state index in [1.54, 1.807) is 7.05 Å². The minimum absolute atomic E-state index is 0.245. The summed E-state index contributed by atoms with van der Waals surface area (Å²) in [4.78, 5) is 9.21. The Kier molecular flexibility index (Phi) is 11.3. The summed E-state index contributed by atoms with van der Waals surface area (Å²) >= 11 is 0. The summed E-state index contributed by atoms with van der Waals surface area (Å²) in [7, 11) is 1.77. The number of rotatable bonds is 13. The highest BCUT2D eigenvalue weighted by atomic mass is 16.5. The number of ether oxygens (including phenoxy) is 1. The van der Waals surface area contributed by atoms with E-state index < -0.39 is 0 Å². The van der Waals surface area contributed by atoms with Crippen LogP contribution in [0, 0.1) is 5.41 Å². The second kappa shape index (κ2) is 14.1. The van der Waals surface area contributed by atoms with Crippen molar-refractivity contribution < 1.29 is 4.74 Å². The van der Waals surface area contributed by atoms with Crippen molar-refractivity contribution >= 4 is 34.5 Å².